The number of unbranched alkanes of at least 4 members (excludes halogenated alkanes) is 3. The number of benzene rings is 1. The van der Waals surface area contributed by atoms with Crippen LogP contribution in [0, 0.1) is 6.92 Å². The van der Waals surface area contributed by atoms with Crippen LogP contribution in [-0.4, -0.2) is 9.55 Å². The lowest BCUT2D eigenvalue weighted by Crippen LogP contribution is -1.95. The first-order chi connectivity index (χ1) is 7.81. The molecule has 16 heavy (non-hydrogen) atoms. The molecule has 0 N–H and O–H groups in total. The van der Waals surface area contributed by atoms with Crippen molar-refractivity contribution in [2.75, 3.05) is 0 Å². The van der Waals surface area contributed by atoms with Crippen LogP contribution in [-0.2, 0) is 6.54 Å². The molecule has 0 atom stereocenters. The van der Waals surface area contributed by atoms with E-state index in [1.165, 1.54) is 36.8 Å². The highest BCUT2D eigenvalue weighted by atomic mass is 15.0. The summed E-state index contributed by atoms with van der Waals surface area (Å²) in [5.41, 5.74) is 3.67. The van der Waals surface area contributed by atoms with Crippen LogP contribution in [0.25, 0.3) is 11.0 Å². The van der Waals surface area contributed by atoms with Crippen LogP contribution in [0.3, 0.4) is 0 Å². The first-order valence-corrected chi connectivity index (χ1v) is 6.22. The lowest BCUT2D eigenvalue weighted by molar-refractivity contribution is 0.591. The summed E-state index contributed by atoms with van der Waals surface area (Å²) in [7, 11) is 0. The minimum Gasteiger partial charge on any atom is -0.331 e. The molecule has 0 bridgehead atoms. The van der Waals surface area contributed by atoms with Crippen LogP contribution in [0.15, 0.2) is 24.5 Å². The molecule has 86 valence electrons. The van der Waals surface area contributed by atoms with Crippen LogP contribution in [0.2, 0.25) is 0 Å². The Labute approximate surface area is 97.3 Å². The predicted molar refractivity (Wildman–Crippen MR) is 68.6 cm³/mol. The van der Waals surface area contributed by atoms with Crippen LogP contribution in [0.5, 0.6) is 0 Å². The Balaban J connectivity index is 2.07. The van der Waals surface area contributed by atoms with E-state index in [-0.39, 0.29) is 0 Å². The number of imidazole rings is 1. The van der Waals surface area contributed by atoms with Crippen LogP contribution >= 0.6 is 0 Å². The SMILES string of the molecule is CCCCCCn1cnc2cc(C)ccc21. The fourth-order valence-electron chi connectivity index (χ4n) is 2.06. The van der Waals surface area contributed by atoms with Crippen molar-refractivity contribution >= 4 is 11.0 Å². The van der Waals surface area contributed by atoms with Gasteiger partial charge in [-0.2, -0.15) is 0 Å². The molecule has 0 spiro atoms. The zero-order valence-electron chi connectivity index (χ0n) is 10.2. The third-order valence-corrected chi connectivity index (χ3v) is 3.03. The van der Waals surface area contributed by atoms with Crippen LogP contribution < -0.4 is 0 Å². The monoisotopic (exact) mass is 216 g/mol. The molecule has 1 heterocycles. The molecular weight excluding hydrogens is 196 g/mol. The van der Waals surface area contributed by atoms with Gasteiger partial charge in [-0.25, -0.2) is 4.98 Å². The highest BCUT2D eigenvalue weighted by molar-refractivity contribution is 5.75. The predicted octanol–water partition coefficient (Wildman–Crippen LogP) is 3.93. The number of hydrogen-bond donors (Lipinski definition) is 0. The summed E-state index contributed by atoms with van der Waals surface area (Å²) in [4.78, 5) is 4.44. The van der Waals surface area contributed by atoms with Gasteiger partial charge in [-0.05, 0) is 31.0 Å². The van der Waals surface area contributed by atoms with E-state index in [1.54, 1.807) is 0 Å². The summed E-state index contributed by atoms with van der Waals surface area (Å²) >= 11 is 0. The van der Waals surface area contributed by atoms with Gasteiger partial charge in [-0.15, -0.1) is 0 Å². The van der Waals surface area contributed by atoms with Crippen molar-refractivity contribution in [3.63, 3.8) is 0 Å². The summed E-state index contributed by atoms with van der Waals surface area (Å²) < 4.78 is 2.27. The second kappa shape index (κ2) is 5.15. The smallest absolute Gasteiger partial charge is 0.0958 e. The Kier molecular flexibility index (Phi) is 3.60. The highest BCUT2D eigenvalue weighted by Crippen LogP contribution is 2.15. The number of hydrogen-bond acceptors (Lipinski definition) is 1. The van der Waals surface area contributed by atoms with E-state index >= 15 is 0 Å². The van der Waals surface area contributed by atoms with Crippen molar-refractivity contribution in [2.45, 2.75) is 46.1 Å². The van der Waals surface area contributed by atoms with Crippen molar-refractivity contribution in [1.82, 2.24) is 9.55 Å². The first-order valence-electron chi connectivity index (χ1n) is 6.22. The Morgan fingerprint density at radius 2 is 2.06 bits per heavy atom. The van der Waals surface area contributed by atoms with E-state index in [1.807, 2.05) is 6.33 Å². The van der Waals surface area contributed by atoms with Crippen molar-refractivity contribution in [3.05, 3.63) is 30.1 Å². The third kappa shape index (κ3) is 2.43. The molecule has 0 aliphatic carbocycles. The highest BCUT2D eigenvalue weighted by Gasteiger charge is 2.01. The molecule has 0 saturated carbocycles. The maximum Gasteiger partial charge on any atom is 0.0958 e. The number of aryl methyl sites for hydroxylation is 2. The Bertz CT molecular complexity index is 457. The van der Waals surface area contributed by atoms with E-state index in [4.69, 9.17) is 0 Å². The molecule has 0 radical (unpaired) electrons. The second-order valence-corrected chi connectivity index (χ2v) is 4.49. The molecule has 1 aromatic heterocycles. The normalized spacial score (nSPS) is 11.1. The average molecular weight is 216 g/mol. The summed E-state index contributed by atoms with van der Waals surface area (Å²) in [5.74, 6) is 0. The maximum absolute atomic E-state index is 4.44. The Hall–Kier alpha value is -1.31. The Morgan fingerprint density at radius 3 is 2.88 bits per heavy atom. The standard InChI is InChI=1S/C14H20N2/c1-3-4-5-6-9-16-11-15-13-10-12(2)7-8-14(13)16/h7-8,10-11H,3-6,9H2,1-2H3. The summed E-state index contributed by atoms with van der Waals surface area (Å²) in [6.07, 6.45) is 7.18. The lowest BCUT2D eigenvalue weighted by atomic mass is 10.2. The molecule has 2 heteroatoms. The van der Waals surface area contributed by atoms with Crippen molar-refractivity contribution in [3.8, 4) is 0 Å². The van der Waals surface area contributed by atoms with Gasteiger partial charge in [0.05, 0.1) is 17.4 Å². The number of fused-ring (bicyclic) bond motifs is 1. The van der Waals surface area contributed by atoms with Gasteiger partial charge in [0.1, 0.15) is 0 Å². The van der Waals surface area contributed by atoms with E-state index in [2.05, 4.69) is 41.6 Å². The lowest BCUT2D eigenvalue weighted by Gasteiger charge is -2.03. The van der Waals surface area contributed by atoms with E-state index in [0.29, 0.717) is 0 Å². The molecule has 2 aromatic rings. The molecule has 1 aromatic carbocycles. The van der Waals surface area contributed by atoms with Gasteiger partial charge < -0.3 is 4.57 Å². The van der Waals surface area contributed by atoms with E-state index in [0.717, 1.165) is 12.1 Å². The van der Waals surface area contributed by atoms with Gasteiger partial charge in [-0.1, -0.05) is 32.3 Å². The zero-order valence-corrected chi connectivity index (χ0v) is 10.2. The van der Waals surface area contributed by atoms with Gasteiger partial charge in [0, 0.05) is 6.54 Å². The molecule has 0 unspecified atom stereocenters. The van der Waals surface area contributed by atoms with E-state index < -0.39 is 0 Å². The fraction of sp³-hybridized carbons (Fsp3) is 0.500. The van der Waals surface area contributed by atoms with Gasteiger partial charge in [-0.3, -0.25) is 0 Å². The fourth-order valence-corrected chi connectivity index (χ4v) is 2.06. The summed E-state index contributed by atoms with van der Waals surface area (Å²) in [5, 5.41) is 0. The van der Waals surface area contributed by atoms with Gasteiger partial charge in [0.15, 0.2) is 0 Å². The molecule has 0 saturated heterocycles. The first kappa shape index (κ1) is 11.2. The summed E-state index contributed by atoms with van der Waals surface area (Å²) in [6, 6.07) is 6.49. The van der Waals surface area contributed by atoms with Crippen LogP contribution in [0.4, 0.5) is 0 Å². The summed E-state index contributed by atoms with van der Waals surface area (Å²) in [6.45, 7) is 5.45. The third-order valence-electron chi connectivity index (χ3n) is 3.03. The van der Waals surface area contributed by atoms with Crippen LogP contribution in [0.1, 0.15) is 38.2 Å². The van der Waals surface area contributed by atoms with Gasteiger partial charge in [0.2, 0.25) is 0 Å². The quantitative estimate of drug-likeness (QED) is 0.692. The van der Waals surface area contributed by atoms with Gasteiger partial charge >= 0.3 is 0 Å². The minimum atomic E-state index is 1.10. The van der Waals surface area contributed by atoms with Crippen molar-refractivity contribution in [1.29, 1.82) is 0 Å². The van der Waals surface area contributed by atoms with E-state index in [9.17, 15) is 0 Å². The average Bonchev–Trinajstić information content (AvgIpc) is 2.67. The zero-order chi connectivity index (χ0) is 11.4. The largest absolute Gasteiger partial charge is 0.331 e. The molecule has 0 fully saturated rings. The number of rotatable bonds is 5. The Morgan fingerprint density at radius 1 is 1.19 bits per heavy atom. The molecule has 2 nitrogen and oxygen atoms in total. The molecule has 0 aliphatic heterocycles. The van der Waals surface area contributed by atoms with Crippen molar-refractivity contribution < 1.29 is 0 Å². The topological polar surface area (TPSA) is 17.8 Å². The molecular formula is C14H20N2. The number of aromatic nitrogens is 2. The number of nitrogens with zero attached hydrogens (tertiary/aromatic N) is 2. The molecule has 0 amide bonds. The van der Waals surface area contributed by atoms with Crippen molar-refractivity contribution in [2.24, 2.45) is 0 Å². The van der Waals surface area contributed by atoms with Gasteiger partial charge in [0.25, 0.3) is 0 Å². The maximum atomic E-state index is 4.44. The minimum absolute atomic E-state index is 1.10. The second-order valence-electron chi connectivity index (χ2n) is 4.49. The molecule has 0 aliphatic rings. The molecule has 2 rings (SSSR count).